The standard InChI is InChI=1S/C21H16FN5O3/c22-16-9-12(28)1-2-13(16)20-14(10-23)19(15-11-24-26-21(15)25-20)17-3-4-18(30-17)27-5-7-29-8-6-27/h1-4,9,11,28H,5-8H2,(H,24,25,26). The topological polar surface area (TPSA) is 111 Å². The van der Waals surface area contributed by atoms with Crippen molar-refractivity contribution in [1.82, 2.24) is 15.2 Å². The van der Waals surface area contributed by atoms with E-state index >= 15 is 0 Å². The highest BCUT2D eigenvalue weighted by Gasteiger charge is 2.24. The number of halogens is 1. The normalized spacial score (nSPS) is 14.2. The first-order valence-electron chi connectivity index (χ1n) is 9.34. The van der Waals surface area contributed by atoms with Crippen molar-refractivity contribution in [2.45, 2.75) is 0 Å². The number of H-pyrrole nitrogens is 1. The van der Waals surface area contributed by atoms with E-state index in [0.717, 1.165) is 6.07 Å². The molecule has 0 amide bonds. The first-order valence-corrected chi connectivity index (χ1v) is 9.34. The molecule has 0 atom stereocenters. The number of phenols is 1. The summed E-state index contributed by atoms with van der Waals surface area (Å²) in [6.45, 7) is 2.65. The van der Waals surface area contributed by atoms with Crippen LogP contribution in [-0.4, -0.2) is 46.6 Å². The lowest BCUT2D eigenvalue weighted by atomic mass is 9.97. The van der Waals surface area contributed by atoms with Crippen LogP contribution in [0.4, 0.5) is 10.3 Å². The van der Waals surface area contributed by atoms with Crippen LogP contribution < -0.4 is 4.90 Å². The Bertz CT molecular complexity index is 1280. The molecule has 4 heterocycles. The highest BCUT2D eigenvalue weighted by molar-refractivity contribution is 5.98. The van der Waals surface area contributed by atoms with Gasteiger partial charge in [0.1, 0.15) is 23.4 Å². The van der Waals surface area contributed by atoms with Gasteiger partial charge in [0.05, 0.1) is 36.1 Å². The number of aromatic amines is 1. The molecule has 1 aliphatic rings. The van der Waals surface area contributed by atoms with Gasteiger partial charge in [-0.2, -0.15) is 10.4 Å². The van der Waals surface area contributed by atoms with Crippen LogP contribution in [0.25, 0.3) is 33.6 Å². The van der Waals surface area contributed by atoms with Crippen molar-refractivity contribution in [3.8, 4) is 34.4 Å². The molecule has 4 aromatic rings. The zero-order valence-corrected chi connectivity index (χ0v) is 15.7. The molecule has 8 nitrogen and oxygen atoms in total. The number of nitriles is 1. The molecule has 0 radical (unpaired) electrons. The van der Waals surface area contributed by atoms with Crippen molar-refractivity contribution in [2.75, 3.05) is 31.2 Å². The molecule has 2 N–H and O–H groups in total. The molecule has 150 valence electrons. The molecule has 3 aromatic heterocycles. The molecule has 30 heavy (non-hydrogen) atoms. The van der Waals surface area contributed by atoms with E-state index in [9.17, 15) is 14.8 Å². The van der Waals surface area contributed by atoms with Gasteiger partial charge in [0.15, 0.2) is 11.5 Å². The molecule has 0 saturated carbocycles. The lowest BCUT2D eigenvalue weighted by Crippen LogP contribution is -2.35. The maximum absolute atomic E-state index is 14.6. The number of hydrogen-bond acceptors (Lipinski definition) is 7. The highest BCUT2D eigenvalue weighted by atomic mass is 19.1. The quantitative estimate of drug-likeness (QED) is 0.537. The number of furan rings is 1. The average molecular weight is 405 g/mol. The number of rotatable bonds is 3. The minimum Gasteiger partial charge on any atom is -0.508 e. The number of morpholine rings is 1. The summed E-state index contributed by atoms with van der Waals surface area (Å²) >= 11 is 0. The van der Waals surface area contributed by atoms with Gasteiger partial charge in [-0.15, -0.1) is 0 Å². The predicted molar refractivity (Wildman–Crippen MR) is 106 cm³/mol. The Morgan fingerprint density at radius 3 is 2.80 bits per heavy atom. The fourth-order valence-corrected chi connectivity index (χ4v) is 3.64. The number of fused-ring (bicyclic) bond motifs is 1. The third-order valence-corrected chi connectivity index (χ3v) is 5.08. The SMILES string of the molecule is N#Cc1c(-c2ccc(O)cc2F)nc2[nH]ncc2c1-c1ccc(N2CCOCC2)o1. The number of ether oxygens (including phenoxy) is 1. The van der Waals surface area contributed by atoms with Crippen molar-refractivity contribution in [3.05, 3.63) is 47.9 Å². The van der Waals surface area contributed by atoms with Gasteiger partial charge in [-0.1, -0.05) is 0 Å². The summed E-state index contributed by atoms with van der Waals surface area (Å²) in [6, 6.07) is 9.49. The summed E-state index contributed by atoms with van der Waals surface area (Å²) in [5.74, 6) is 0.237. The fourth-order valence-electron chi connectivity index (χ4n) is 3.64. The second-order valence-electron chi connectivity index (χ2n) is 6.86. The molecule has 0 bridgehead atoms. The van der Waals surface area contributed by atoms with Crippen molar-refractivity contribution < 1.29 is 18.7 Å². The molecule has 0 spiro atoms. The van der Waals surface area contributed by atoms with Crippen molar-refractivity contribution >= 4 is 16.9 Å². The first-order chi connectivity index (χ1) is 14.7. The Morgan fingerprint density at radius 2 is 2.03 bits per heavy atom. The Morgan fingerprint density at radius 1 is 1.20 bits per heavy atom. The fraction of sp³-hybridized carbons (Fsp3) is 0.190. The highest BCUT2D eigenvalue weighted by Crippen LogP contribution is 2.39. The van der Waals surface area contributed by atoms with Crippen molar-refractivity contribution in [2.24, 2.45) is 0 Å². The Kier molecular flexibility index (Phi) is 4.34. The van der Waals surface area contributed by atoms with E-state index in [1.165, 1.54) is 12.1 Å². The number of anilines is 1. The van der Waals surface area contributed by atoms with Gasteiger partial charge in [0.2, 0.25) is 0 Å². The van der Waals surface area contributed by atoms with E-state index in [2.05, 4.69) is 26.2 Å². The van der Waals surface area contributed by atoms with Crippen LogP contribution in [0.3, 0.4) is 0 Å². The van der Waals surface area contributed by atoms with Crippen LogP contribution in [0, 0.1) is 17.1 Å². The lowest BCUT2D eigenvalue weighted by molar-refractivity contribution is 0.121. The van der Waals surface area contributed by atoms with E-state index < -0.39 is 5.82 Å². The van der Waals surface area contributed by atoms with E-state index in [-0.39, 0.29) is 22.6 Å². The molecular weight excluding hydrogens is 389 g/mol. The summed E-state index contributed by atoms with van der Waals surface area (Å²) in [7, 11) is 0. The largest absolute Gasteiger partial charge is 0.508 e. The third-order valence-electron chi connectivity index (χ3n) is 5.08. The molecule has 0 aliphatic carbocycles. The second-order valence-corrected chi connectivity index (χ2v) is 6.86. The number of hydrogen-bond donors (Lipinski definition) is 2. The second kappa shape index (κ2) is 7.17. The molecule has 0 unspecified atom stereocenters. The van der Waals surface area contributed by atoms with Crippen molar-refractivity contribution in [3.63, 3.8) is 0 Å². The summed E-state index contributed by atoms with van der Waals surface area (Å²) < 4.78 is 26.0. The molecule has 1 aliphatic heterocycles. The van der Waals surface area contributed by atoms with Gasteiger partial charge < -0.3 is 19.2 Å². The molecule has 5 rings (SSSR count). The molecule has 9 heteroatoms. The zero-order chi connectivity index (χ0) is 20.7. The molecular formula is C21H16FN5O3. The van der Waals surface area contributed by atoms with Crippen LogP contribution in [0.2, 0.25) is 0 Å². The molecule has 1 fully saturated rings. The van der Waals surface area contributed by atoms with Gasteiger partial charge in [0, 0.05) is 36.3 Å². The molecule has 1 saturated heterocycles. The van der Waals surface area contributed by atoms with Gasteiger partial charge in [-0.25, -0.2) is 9.37 Å². The maximum atomic E-state index is 14.6. The van der Waals surface area contributed by atoms with Crippen molar-refractivity contribution in [1.29, 1.82) is 5.26 Å². The summed E-state index contributed by atoms with van der Waals surface area (Å²) in [4.78, 5) is 6.48. The van der Waals surface area contributed by atoms with Crippen LogP contribution in [0.1, 0.15) is 5.56 Å². The summed E-state index contributed by atoms with van der Waals surface area (Å²) in [5, 5.41) is 26.9. The van der Waals surface area contributed by atoms with Crippen LogP contribution >= 0.6 is 0 Å². The number of benzene rings is 1. The zero-order valence-electron chi connectivity index (χ0n) is 15.7. The van der Waals surface area contributed by atoms with Gasteiger partial charge in [-0.3, -0.25) is 5.10 Å². The number of nitrogens with zero attached hydrogens (tertiary/aromatic N) is 4. The number of phenolic OH excluding ortho intramolecular Hbond substituents is 1. The maximum Gasteiger partial charge on any atom is 0.196 e. The minimum atomic E-state index is -0.683. The van der Waals surface area contributed by atoms with Crippen LogP contribution in [0.15, 0.2) is 40.9 Å². The Labute approximate surface area is 170 Å². The van der Waals surface area contributed by atoms with Crippen LogP contribution in [-0.2, 0) is 4.74 Å². The smallest absolute Gasteiger partial charge is 0.196 e. The Hall–Kier alpha value is -3.90. The number of aromatic nitrogens is 3. The summed E-state index contributed by atoms with van der Waals surface area (Å²) in [5.41, 5.74) is 1.29. The Balaban J connectivity index is 1.71. The first kappa shape index (κ1) is 18.1. The number of nitrogens with one attached hydrogen (secondary N) is 1. The monoisotopic (exact) mass is 405 g/mol. The molecule has 1 aromatic carbocycles. The summed E-state index contributed by atoms with van der Waals surface area (Å²) in [6.07, 6.45) is 1.56. The third kappa shape index (κ3) is 2.94. The van der Waals surface area contributed by atoms with E-state index in [1.54, 1.807) is 12.3 Å². The number of pyridine rings is 1. The van der Waals surface area contributed by atoms with Crippen LogP contribution in [0.5, 0.6) is 5.75 Å². The lowest BCUT2D eigenvalue weighted by Gasteiger charge is -2.26. The average Bonchev–Trinajstić information content (AvgIpc) is 3.43. The predicted octanol–water partition coefficient (Wildman–Crippen LogP) is 3.44. The van der Waals surface area contributed by atoms with E-state index in [1.807, 2.05) is 6.07 Å². The van der Waals surface area contributed by atoms with Gasteiger partial charge >= 0.3 is 0 Å². The van der Waals surface area contributed by atoms with Gasteiger partial charge in [-0.05, 0) is 18.2 Å². The van der Waals surface area contributed by atoms with E-state index in [0.29, 0.717) is 54.5 Å². The van der Waals surface area contributed by atoms with Gasteiger partial charge in [0.25, 0.3) is 0 Å². The number of aromatic hydroxyl groups is 1. The minimum absolute atomic E-state index is 0.0991. The van der Waals surface area contributed by atoms with E-state index in [4.69, 9.17) is 9.15 Å².